The van der Waals surface area contributed by atoms with Crippen LogP contribution in [-0.2, 0) is 105 Å². The molecular formula is C70H140N14O22. The van der Waals surface area contributed by atoms with Gasteiger partial charge in [0, 0.05) is 177 Å². The van der Waals surface area contributed by atoms with E-state index in [1.165, 1.54) is 78.2 Å². The summed E-state index contributed by atoms with van der Waals surface area (Å²) in [7, 11) is 15.1. The molecule has 0 saturated carbocycles. The van der Waals surface area contributed by atoms with Crippen LogP contribution in [0.4, 0.5) is 0 Å². The van der Waals surface area contributed by atoms with Crippen LogP contribution in [0.1, 0.15) is 109 Å². The minimum atomic E-state index is -0.285. The molecule has 622 valence electrons. The van der Waals surface area contributed by atoms with Crippen molar-refractivity contribution in [2.24, 2.45) is 22.9 Å². The molecule has 0 unspecified atom stereocenters. The molecule has 0 aromatic carbocycles. The zero-order chi connectivity index (χ0) is 80.2. The first-order chi connectivity index (χ1) is 51.0. The van der Waals surface area contributed by atoms with Crippen molar-refractivity contribution in [3.63, 3.8) is 0 Å². The molecule has 106 heavy (non-hydrogen) atoms. The van der Waals surface area contributed by atoms with E-state index in [2.05, 4.69) is 73.6 Å². The number of esters is 11. The Bertz CT molecular complexity index is 2170. The SMILES string of the molecule is COC(=O)CCN(CCCCCN)CCN(CCC(=O)OC)CCC(=O)OC.COC(=O)CCN(CCN)CCN(CCN)CCC(=O)OC.COC(=O)CCN(CCN)CCNCCN(CCC(=O)OC)CCC(=O)OC.COC(=O)CCNCCCCCN(CCNCCC(=O)OC)CCC(=O)OC. The second-order valence-electron chi connectivity index (χ2n) is 24.0. The minimum absolute atomic E-state index is 0.200. The first-order valence-corrected chi connectivity index (χ1v) is 36.8. The van der Waals surface area contributed by atoms with Crippen molar-refractivity contribution >= 4 is 65.7 Å². The lowest BCUT2D eigenvalue weighted by atomic mass is 10.2. The number of methoxy groups -OCH3 is 11. The molecular weight excluding hydrogens is 1390 g/mol. The van der Waals surface area contributed by atoms with Gasteiger partial charge in [0.2, 0.25) is 0 Å². The summed E-state index contributed by atoms with van der Waals surface area (Å²) in [5, 5.41) is 9.78. The van der Waals surface area contributed by atoms with E-state index in [9.17, 15) is 52.7 Å². The molecule has 0 radical (unpaired) electrons. The monoisotopic (exact) mass is 1530 g/mol. The van der Waals surface area contributed by atoms with Gasteiger partial charge in [-0.15, -0.1) is 0 Å². The van der Waals surface area contributed by atoms with Gasteiger partial charge in [0.25, 0.3) is 0 Å². The van der Waals surface area contributed by atoms with Crippen LogP contribution in [0, 0.1) is 0 Å². The zero-order valence-electron chi connectivity index (χ0n) is 66.4. The smallest absolute Gasteiger partial charge is 0.306 e. The summed E-state index contributed by atoms with van der Waals surface area (Å²) < 4.78 is 51.3. The van der Waals surface area contributed by atoms with Gasteiger partial charge in [-0.05, 0) is 51.9 Å². The van der Waals surface area contributed by atoms with E-state index >= 15 is 0 Å². The van der Waals surface area contributed by atoms with E-state index in [-0.39, 0.29) is 91.3 Å². The predicted molar refractivity (Wildman–Crippen MR) is 401 cm³/mol. The minimum Gasteiger partial charge on any atom is -0.469 e. The highest BCUT2D eigenvalue weighted by Gasteiger charge is 2.18. The van der Waals surface area contributed by atoms with E-state index in [0.717, 1.165) is 104 Å². The highest BCUT2D eigenvalue weighted by Crippen LogP contribution is 2.06. The second kappa shape index (κ2) is 78.2. The third kappa shape index (κ3) is 71.8. The highest BCUT2D eigenvalue weighted by molar-refractivity contribution is 5.72. The second-order valence-corrected chi connectivity index (χ2v) is 24.0. The van der Waals surface area contributed by atoms with Crippen LogP contribution in [-0.4, -0.2) is 381 Å². The van der Waals surface area contributed by atoms with Crippen LogP contribution in [0.2, 0.25) is 0 Å². The zero-order valence-corrected chi connectivity index (χ0v) is 66.4. The summed E-state index contributed by atoms with van der Waals surface area (Å²) in [5.74, 6) is -2.69. The lowest BCUT2D eigenvalue weighted by Crippen LogP contribution is -2.41. The normalized spacial score (nSPS) is 10.9. The molecule has 0 heterocycles. The number of nitrogens with two attached hydrogens (primary N) is 4. The van der Waals surface area contributed by atoms with E-state index in [1.807, 2.05) is 9.80 Å². The fourth-order valence-corrected chi connectivity index (χ4v) is 9.71. The van der Waals surface area contributed by atoms with Crippen molar-refractivity contribution in [2.45, 2.75) is 109 Å². The van der Waals surface area contributed by atoms with E-state index < -0.39 is 0 Å². The number of nitrogens with zero attached hydrogens (tertiary/aromatic N) is 7. The number of unbranched alkanes of at least 4 members (excludes halogenated alkanes) is 4. The van der Waals surface area contributed by atoms with Gasteiger partial charge in [0.05, 0.1) is 149 Å². The van der Waals surface area contributed by atoms with Crippen molar-refractivity contribution in [2.75, 3.05) is 281 Å². The Hall–Kier alpha value is -6.39. The Morgan fingerprint density at radius 1 is 0.189 bits per heavy atom. The molecule has 0 aliphatic carbocycles. The Morgan fingerprint density at radius 3 is 0.623 bits per heavy atom. The maximum Gasteiger partial charge on any atom is 0.306 e. The molecule has 0 aliphatic rings. The van der Waals surface area contributed by atoms with Crippen molar-refractivity contribution in [3.8, 4) is 0 Å². The molecule has 0 fully saturated rings. The molecule has 0 amide bonds. The fourth-order valence-electron chi connectivity index (χ4n) is 9.71. The maximum absolute atomic E-state index is 11.5. The number of ether oxygens (including phenoxy) is 11. The lowest BCUT2D eigenvalue weighted by Gasteiger charge is -2.27. The van der Waals surface area contributed by atoms with Crippen LogP contribution in [0.3, 0.4) is 0 Å². The van der Waals surface area contributed by atoms with Crippen LogP contribution < -0.4 is 38.9 Å². The van der Waals surface area contributed by atoms with Gasteiger partial charge < -0.3 is 125 Å². The molecule has 0 aromatic heterocycles. The third-order valence-corrected chi connectivity index (χ3v) is 16.3. The summed E-state index contributed by atoms with van der Waals surface area (Å²) in [5.41, 5.74) is 22.4. The third-order valence-electron chi connectivity index (χ3n) is 16.3. The molecule has 0 aromatic rings. The maximum atomic E-state index is 11.5. The van der Waals surface area contributed by atoms with Crippen LogP contribution in [0.25, 0.3) is 0 Å². The summed E-state index contributed by atoms with van der Waals surface area (Å²) in [6.45, 7) is 20.7. The summed E-state index contributed by atoms with van der Waals surface area (Å²) >= 11 is 0. The molecule has 0 atom stereocenters. The van der Waals surface area contributed by atoms with Gasteiger partial charge in [-0.2, -0.15) is 0 Å². The van der Waals surface area contributed by atoms with Gasteiger partial charge >= 0.3 is 65.7 Å². The Morgan fingerprint density at radius 2 is 0.377 bits per heavy atom. The van der Waals surface area contributed by atoms with E-state index in [4.69, 9.17) is 41.9 Å². The number of hydrogen-bond donors (Lipinski definition) is 7. The Labute approximate surface area is 631 Å². The molecule has 0 aliphatic heterocycles. The Balaban J connectivity index is -0.000000657. The predicted octanol–water partition coefficient (Wildman–Crippen LogP) is -1.80. The van der Waals surface area contributed by atoms with Gasteiger partial charge in [-0.1, -0.05) is 12.8 Å². The first kappa shape index (κ1) is 106. The van der Waals surface area contributed by atoms with Gasteiger partial charge in [0.1, 0.15) is 0 Å². The van der Waals surface area contributed by atoms with E-state index in [0.29, 0.717) is 182 Å². The number of nitrogens with one attached hydrogen (secondary N) is 3. The van der Waals surface area contributed by atoms with Crippen LogP contribution in [0.5, 0.6) is 0 Å². The number of hydrogen-bond acceptors (Lipinski definition) is 36. The summed E-state index contributed by atoms with van der Waals surface area (Å²) in [4.78, 5) is 139. The number of carbonyl (C=O) groups excluding carboxylic acids is 11. The summed E-state index contributed by atoms with van der Waals surface area (Å²) in [6, 6.07) is 0. The molecule has 11 N–H and O–H groups in total. The fraction of sp³-hybridized carbons (Fsp3) is 0.843. The van der Waals surface area contributed by atoms with Gasteiger partial charge in [0.15, 0.2) is 0 Å². The standard InChI is InChI=1S/2C19H37N3O6.C18H36N4O6.C14H30N4O4/c1-26-17(23)7-11-20-10-5-4-6-14-22(15-9-19(25)28-3)16-13-21-12-8-18(24)27-2;1-26-17(23)7-12-21(11-6-4-5-10-20)15-16-22(13-8-18(24)27-2)14-9-19(25)28-3;1-26-16(23)4-10-21(11-5-17(24)27-2)14-8-20-9-15-22(13-7-19)12-6-18(25)28-3;1-21-13(19)3-7-17(9-5-15)11-12-18(10-6-16)8-4-14(20)22-2/h20-21H,4-16H2,1-3H3;4-16,20H2,1-3H3;20H,4-15,19H2,1-3H3;3-12,15-16H2,1-2H3. The molecule has 36 heteroatoms. The quantitative estimate of drug-likeness (QED) is 0.0201. The first-order valence-electron chi connectivity index (χ1n) is 36.8. The van der Waals surface area contributed by atoms with Crippen LogP contribution in [0.15, 0.2) is 0 Å². The van der Waals surface area contributed by atoms with Crippen molar-refractivity contribution < 1.29 is 105 Å². The average molecular weight is 1530 g/mol. The van der Waals surface area contributed by atoms with Crippen LogP contribution >= 0.6 is 0 Å². The Kier molecular flexibility index (Phi) is 78.2. The molecule has 36 nitrogen and oxygen atoms in total. The van der Waals surface area contributed by atoms with Crippen molar-refractivity contribution in [3.05, 3.63) is 0 Å². The van der Waals surface area contributed by atoms with Gasteiger partial charge in [-0.3, -0.25) is 52.7 Å². The number of rotatable bonds is 65. The number of carbonyl (C=O) groups is 11. The molecule has 0 bridgehead atoms. The summed E-state index contributed by atoms with van der Waals surface area (Å²) in [6.07, 6.45) is 9.68. The molecule has 0 spiro atoms. The van der Waals surface area contributed by atoms with Gasteiger partial charge in [-0.25, -0.2) is 0 Å². The van der Waals surface area contributed by atoms with Crippen molar-refractivity contribution in [1.29, 1.82) is 0 Å². The highest BCUT2D eigenvalue weighted by atomic mass is 16.6. The van der Waals surface area contributed by atoms with Crippen molar-refractivity contribution in [1.82, 2.24) is 50.2 Å². The molecule has 0 rings (SSSR count). The largest absolute Gasteiger partial charge is 0.469 e. The average Bonchev–Trinajstić information content (AvgIpc) is 1.25. The topological polar surface area (TPSA) is 452 Å². The lowest BCUT2D eigenvalue weighted by molar-refractivity contribution is -0.142. The molecule has 0 saturated heterocycles. The van der Waals surface area contributed by atoms with E-state index in [1.54, 1.807) is 0 Å².